The Hall–Kier alpha value is -2.59. The third kappa shape index (κ3) is 5.20. The maximum absolute atomic E-state index is 12.3. The molecule has 0 unspecified atom stereocenters. The zero-order valence-corrected chi connectivity index (χ0v) is 16.5. The van der Waals surface area contributed by atoms with Crippen LogP contribution in [0.2, 0.25) is 0 Å². The highest BCUT2D eigenvalue weighted by atomic mass is 16.5. The number of nitrogens with one attached hydrogen (secondary N) is 1. The number of methoxy groups -OCH3 is 1. The first-order valence-corrected chi connectivity index (χ1v) is 9.09. The van der Waals surface area contributed by atoms with Crippen LogP contribution in [0.15, 0.2) is 11.6 Å². The van der Waals surface area contributed by atoms with Crippen molar-refractivity contribution in [1.29, 1.82) is 5.26 Å². The zero-order chi connectivity index (χ0) is 20.1. The Labute approximate surface area is 159 Å². The number of hydrogen-bond donors (Lipinski definition) is 1. The van der Waals surface area contributed by atoms with Gasteiger partial charge < -0.3 is 19.4 Å². The predicted molar refractivity (Wildman–Crippen MR) is 101 cm³/mol. The summed E-state index contributed by atoms with van der Waals surface area (Å²) in [6, 6.07) is 4.10. The molecular weight excluding hydrogens is 346 g/mol. The molecule has 1 aromatic heterocycles. The maximum atomic E-state index is 12.3. The molecule has 0 spiro atoms. The highest BCUT2D eigenvalue weighted by molar-refractivity contribution is 5.99. The summed E-state index contributed by atoms with van der Waals surface area (Å²) < 4.78 is 12.5. The van der Waals surface area contributed by atoms with E-state index < -0.39 is 12.1 Å². The molecule has 1 N–H and O–H groups in total. The Morgan fingerprint density at radius 1 is 1.41 bits per heavy atom. The van der Waals surface area contributed by atoms with Crippen molar-refractivity contribution in [3.8, 4) is 6.07 Å². The van der Waals surface area contributed by atoms with Crippen molar-refractivity contribution in [2.75, 3.05) is 13.7 Å². The summed E-state index contributed by atoms with van der Waals surface area (Å²) in [7, 11) is 1.65. The lowest BCUT2D eigenvalue weighted by Gasteiger charge is -2.17. The van der Waals surface area contributed by atoms with Gasteiger partial charge >= 0.3 is 5.97 Å². The van der Waals surface area contributed by atoms with Crippen LogP contribution in [-0.2, 0) is 19.1 Å². The average molecular weight is 373 g/mol. The van der Waals surface area contributed by atoms with Gasteiger partial charge in [0.15, 0.2) is 6.10 Å². The van der Waals surface area contributed by atoms with Gasteiger partial charge in [-0.1, -0.05) is 0 Å². The van der Waals surface area contributed by atoms with Gasteiger partial charge in [0, 0.05) is 24.5 Å². The van der Waals surface area contributed by atoms with Crippen LogP contribution in [0.3, 0.4) is 0 Å². The van der Waals surface area contributed by atoms with Crippen LogP contribution in [0.5, 0.6) is 0 Å². The number of aromatic nitrogens is 1. The molecule has 0 aliphatic heterocycles. The minimum absolute atomic E-state index is 0.126. The van der Waals surface area contributed by atoms with Gasteiger partial charge in [0.25, 0.3) is 5.91 Å². The lowest BCUT2D eigenvalue weighted by Crippen LogP contribution is -2.37. The van der Waals surface area contributed by atoms with Crippen LogP contribution in [-0.4, -0.2) is 42.3 Å². The Bertz CT molecular complexity index is 784. The molecule has 1 aromatic rings. The number of aryl methyl sites for hydroxylation is 1. The van der Waals surface area contributed by atoms with E-state index in [9.17, 15) is 14.9 Å². The molecule has 1 saturated carbocycles. The molecule has 0 bridgehead atoms. The van der Waals surface area contributed by atoms with E-state index >= 15 is 0 Å². The monoisotopic (exact) mass is 373 g/mol. The van der Waals surface area contributed by atoms with Gasteiger partial charge in [-0.15, -0.1) is 0 Å². The van der Waals surface area contributed by atoms with E-state index in [1.165, 1.54) is 13.0 Å². The van der Waals surface area contributed by atoms with Gasteiger partial charge in [-0.05, 0) is 58.2 Å². The third-order valence-corrected chi connectivity index (χ3v) is 4.59. The number of nitriles is 1. The maximum Gasteiger partial charge on any atom is 0.349 e. The van der Waals surface area contributed by atoms with Gasteiger partial charge in [0.1, 0.15) is 11.6 Å². The van der Waals surface area contributed by atoms with E-state index in [0.717, 1.165) is 29.8 Å². The Kier molecular flexibility index (Phi) is 6.81. The van der Waals surface area contributed by atoms with Crippen molar-refractivity contribution >= 4 is 18.0 Å². The summed E-state index contributed by atoms with van der Waals surface area (Å²) in [6.07, 6.45) is 2.47. The van der Waals surface area contributed by atoms with E-state index in [1.54, 1.807) is 7.11 Å². The fourth-order valence-electron chi connectivity index (χ4n) is 3.06. The highest BCUT2D eigenvalue weighted by Gasteiger charge is 2.28. The number of nitrogens with zero attached hydrogens (tertiary/aromatic N) is 2. The number of rotatable bonds is 8. The molecule has 7 nitrogen and oxygen atoms in total. The van der Waals surface area contributed by atoms with E-state index in [2.05, 4.69) is 9.88 Å². The molecule has 1 fully saturated rings. The first-order chi connectivity index (χ1) is 12.8. The topological polar surface area (TPSA) is 93.3 Å². The van der Waals surface area contributed by atoms with Crippen molar-refractivity contribution in [3.05, 3.63) is 28.6 Å². The molecule has 27 heavy (non-hydrogen) atoms. The second-order valence-corrected chi connectivity index (χ2v) is 7.00. The normalized spacial score (nSPS) is 16.4. The minimum atomic E-state index is -0.941. The largest absolute Gasteiger partial charge is 0.448 e. The van der Waals surface area contributed by atoms with Crippen LogP contribution >= 0.6 is 0 Å². The molecule has 0 aromatic carbocycles. The van der Waals surface area contributed by atoms with Gasteiger partial charge in [0.2, 0.25) is 0 Å². The summed E-state index contributed by atoms with van der Waals surface area (Å²) >= 11 is 0. The molecule has 1 amide bonds. The lowest BCUT2D eigenvalue weighted by atomic mass is 10.1. The summed E-state index contributed by atoms with van der Waals surface area (Å²) in [5.74, 6) is -1.14. The zero-order valence-electron chi connectivity index (χ0n) is 16.5. The van der Waals surface area contributed by atoms with Gasteiger partial charge in [-0.2, -0.15) is 5.26 Å². The molecule has 1 aliphatic rings. The van der Waals surface area contributed by atoms with Gasteiger partial charge in [-0.25, -0.2) is 4.79 Å². The van der Waals surface area contributed by atoms with E-state index in [-0.39, 0.29) is 23.6 Å². The fourth-order valence-corrected chi connectivity index (χ4v) is 3.06. The summed E-state index contributed by atoms with van der Waals surface area (Å²) in [5.41, 5.74) is 2.56. The molecule has 2 rings (SSSR count). The van der Waals surface area contributed by atoms with Gasteiger partial charge in [0.05, 0.1) is 12.6 Å². The number of esters is 1. The summed E-state index contributed by atoms with van der Waals surface area (Å²) in [6.45, 7) is 7.99. The Morgan fingerprint density at radius 3 is 2.63 bits per heavy atom. The van der Waals surface area contributed by atoms with Crippen molar-refractivity contribution in [2.24, 2.45) is 0 Å². The van der Waals surface area contributed by atoms with Crippen LogP contribution < -0.4 is 5.32 Å². The number of hydrogen-bond acceptors (Lipinski definition) is 5. The first-order valence-electron chi connectivity index (χ1n) is 9.09. The number of carbonyl (C=O) groups excluding carboxylic acids is 2. The van der Waals surface area contributed by atoms with E-state index in [0.29, 0.717) is 6.61 Å². The number of carbonyl (C=O) groups is 2. The van der Waals surface area contributed by atoms with Crippen LogP contribution in [0.25, 0.3) is 6.08 Å². The second-order valence-electron chi connectivity index (χ2n) is 7.00. The molecule has 7 heteroatoms. The van der Waals surface area contributed by atoms with Crippen molar-refractivity contribution in [1.82, 2.24) is 9.88 Å². The van der Waals surface area contributed by atoms with E-state index in [1.807, 2.05) is 32.9 Å². The van der Waals surface area contributed by atoms with Crippen molar-refractivity contribution in [2.45, 2.75) is 58.7 Å². The lowest BCUT2D eigenvalue weighted by molar-refractivity contribution is -0.150. The first kappa shape index (κ1) is 20.7. The van der Waals surface area contributed by atoms with Crippen LogP contribution in [0.4, 0.5) is 0 Å². The Balaban J connectivity index is 2.15. The predicted octanol–water partition coefficient (Wildman–Crippen LogP) is 2.43. The molecular formula is C20H27N3O4. The standard InChI is InChI=1S/C20H27N3O4/c1-12-8-16(14(3)23(12)13(2)11-26-5)9-17(10-21)20(25)27-15(4)19(24)22-18-6-7-18/h8-9,13,15,18H,6-7,11H2,1-5H3,(H,22,24)/b17-9+/t13-,15-/m1/s1. The number of ether oxygens (including phenoxy) is 2. The van der Waals surface area contributed by atoms with Gasteiger partial charge in [-0.3, -0.25) is 4.79 Å². The van der Waals surface area contributed by atoms with Crippen LogP contribution in [0.1, 0.15) is 49.7 Å². The van der Waals surface area contributed by atoms with E-state index in [4.69, 9.17) is 9.47 Å². The van der Waals surface area contributed by atoms with Crippen molar-refractivity contribution in [3.63, 3.8) is 0 Å². The third-order valence-electron chi connectivity index (χ3n) is 4.59. The molecule has 2 atom stereocenters. The van der Waals surface area contributed by atoms with Crippen molar-refractivity contribution < 1.29 is 19.1 Å². The highest BCUT2D eigenvalue weighted by Crippen LogP contribution is 2.23. The SMILES string of the molecule is COC[C@@H](C)n1c(C)cc(/C=C(\C#N)C(=O)O[C@H](C)C(=O)NC2CC2)c1C. The quantitative estimate of drug-likeness (QED) is 0.429. The second kappa shape index (κ2) is 8.87. The summed E-state index contributed by atoms with van der Waals surface area (Å²) in [4.78, 5) is 24.2. The Morgan fingerprint density at radius 2 is 2.07 bits per heavy atom. The minimum Gasteiger partial charge on any atom is -0.448 e. The summed E-state index contributed by atoms with van der Waals surface area (Å²) in [5, 5.41) is 12.2. The molecule has 0 radical (unpaired) electrons. The fraction of sp³-hybridized carbons (Fsp3) is 0.550. The smallest absolute Gasteiger partial charge is 0.349 e. The number of amides is 1. The molecule has 146 valence electrons. The average Bonchev–Trinajstić information content (AvgIpc) is 3.37. The molecule has 1 heterocycles. The van der Waals surface area contributed by atoms with Crippen LogP contribution in [0, 0.1) is 25.2 Å². The molecule has 1 aliphatic carbocycles. The molecule has 0 saturated heterocycles.